The first kappa shape index (κ1) is 13.3. The van der Waals surface area contributed by atoms with E-state index in [1.807, 2.05) is 6.07 Å². The van der Waals surface area contributed by atoms with Crippen molar-refractivity contribution in [3.63, 3.8) is 0 Å². The molecule has 0 bridgehead atoms. The molecule has 1 aromatic carbocycles. The molecule has 0 amide bonds. The summed E-state index contributed by atoms with van der Waals surface area (Å²) in [4.78, 5) is 0. The van der Waals surface area contributed by atoms with Crippen molar-refractivity contribution in [2.24, 2.45) is 0 Å². The van der Waals surface area contributed by atoms with E-state index in [0.717, 1.165) is 11.4 Å². The molecular weight excluding hydrogens is 228 g/mol. The first-order valence-corrected chi connectivity index (χ1v) is 12.7. The van der Waals surface area contributed by atoms with E-state index in [-0.39, 0.29) is 0 Å². The molecule has 0 saturated carbocycles. The molecule has 4 heteroatoms. The molecule has 0 unspecified atom stereocenters. The van der Waals surface area contributed by atoms with Gasteiger partial charge in [0.15, 0.2) is 0 Å². The van der Waals surface area contributed by atoms with Gasteiger partial charge in [0, 0.05) is 0 Å². The summed E-state index contributed by atoms with van der Waals surface area (Å²) in [6, 6.07) is 4.16. The fraction of sp³-hybridized carbons (Fsp3) is 0.500. The highest BCUT2D eigenvalue weighted by atomic mass is 28.3. The highest BCUT2D eigenvalue weighted by Gasteiger charge is 2.29. The third kappa shape index (κ3) is 2.49. The predicted octanol–water partition coefficient (Wildman–Crippen LogP) is 1.94. The molecule has 0 aromatic heterocycles. The molecule has 1 rings (SSSR count). The first-order valence-electron chi connectivity index (χ1n) is 5.74. The minimum atomic E-state index is -1.43. The van der Waals surface area contributed by atoms with E-state index in [4.69, 9.17) is 11.5 Å². The van der Waals surface area contributed by atoms with Crippen LogP contribution < -0.4 is 21.8 Å². The Hall–Kier alpha value is -0.746. The number of anilines is 2. The lowest BCUT2D eigenvalue weighted by Gasteiger charge is -2.30. The molecule has 16 heavy (non-hydrogen) atoms. The Kier molecular flexibility index (Phi) is 3.27. The second-order valence-corrected chi connectivity index (χ2v) is 16.5. The number of nitrogens with two attached hydrogens (primary N) is 2. The Morgan fingerprint density at radius 1 is 0.812 bits per heavy atom. The third-order valence-corrected chi connectivity index (χ3v) is 7.16. The topological polar surface area (TPSA) is 52.0 Å². The zero-order chi connectivity index (χ0) is 12.7. The second-order valence-electron chi connectivity index (χ2n) is 6.49. The summed E-state index contributed by atoms with van der Waals surface area (Å²) in [5, 5.41) is 2.87. The minimum Gasteiger partial charge on any atom is -0.397 e. The fourth-order valence-electron chi connectivity index (χ4n) is 2.07. The van der Waals surface area contributed by atoms with E-state index >= 15 is 0 Å². The van der Waals surface area contributed by atoms with Crippen LogP contribution in [-0.2, 0) is 0 Å². The molecule has 0 heterocycles. The van der Waals surface area contributed by atoms with E-state index in [1.165, 1.54) is 10.4 Å². The van der Waals surface area contributed by atoms with Crippen LogP contribution in [0.1, 0.15) is 0 Å². The van der Waals surface area contributed by atoms with Gasteiger partial charge in [-0.1, -0.05) is 50.5 Å². The van der Waals surface area contributed by atoms with Crippen LogP contribution in [0.3, 0.4) is 0 Å². The van der Waals surface area contributed by atoms with Gasteiger partial charge in [-0.15, -0.1) is 0 Å². The van der Waals surface area contributed by atoms with Crippen molar-refractivity contribution in [1.82, 2.24) is 0 Å². The Morgan fingerprint density at radius 3 is 1.69 bits per heavy atom. The number of rotatable bonds is 2. The van der Waals surface area contributed by atoms with Crippen LogP contribution in [-0.4, -0.2) is 16.1 Å². The van der Waals surface area contributed by atoms with Gasteiger partial charge < -0.3 is 11.5 Å². The summed E-state index contributed by atoms with van der Waals surface area (Å²) in [5.74, 6) is 0. The van der Waals surface area contributed by atoms with E-state index in [9.17, 15) is 0 Å². The summed E-state index contributed by atoms with van der Waals surface area (Å²) < 4.78 is 0. The molecule has 2 nitrogen and oxygen atoms in total. The van der Waals surface area contributed by atoms with Gasteiger partial charge in [-0.05, 0) is 11.3 Å². The maximum atomic E-state index is 6.20. The lowest BCUT2D eigenvalue weighted by Crippen LogP contribution is -2.57. The summed E-state index contributed by atoms with van der Waals surface area (Å²) in [7, 11) is -2.78. The van der Waals surface area contributed by atoms with Gasteiger partial charge in [0.25, 0.3) is 0 Å². The van der Waals surface area contributed by atoms with E-state index in [1.54, 1.807) is 0 Å². The number of hydrogen-bond acceptors (Lipinski definition) is 2. The molecule has 4 N–H and O–H groups in total. The molecule has 0 saturated heterocycles. The van der Waals surface area contributed by atoms with Crippen LogP contribution in [0.4, 0.5) is 11.4 Å². The quantitative estimate of drug-likeness (QED) is 0.624. The van der Waals surface area contributed by atoms with Crippen LogP contribution in [0.5, 0.6) is 0 Å². The maximum absolute atomic E-state index is 6.20. The third-order valence-electron chi connectivity index (χ3n) is 2.84. The highest BCUT2D eigenvalue weighted by molar-refractivity contribution is 6.99. The SMILES string of the molecule is C[Si](C)(C)c1ccc(N)c(N)c1[Si](C)(C)C. The summed E-state index contributed by atoms with van der Waals surface area (Å²) in [6.45, 7) is 14.1. The minimum absolute atomic E-state index is 0.736. The van der Waals surface area contributed by atoms with Gasteiger partial charge in [-0.3, -0.25) is 0 Å². The van der Waals surface area contributed by atoms with Crippen molar-refractivity contribution < 1.29 is 0 Å². The van der Waals surface area contributed by atoms with Gasteiger partial charge in [-0.25, -0.2) is 0 Å². The maximum Gasteiger partial charge on any atom is 0.0802 e. The molecule has 0 spiro atoms. The predicted molar refractivity (Wildman–Crippen MR) is 81.2 cm³/mol. The van der Waals surface area contributed by atoms with Crippen molar-refractivity contribution in [2.75, 3.05) is 11.5 Å². The van der Waals surface area contributed by atoms with E-state index in [0.29, 0.717) is 0 Å². The lowest BCUT2D eigenvalue weighted by atomic mass is 10.3. The summed E-state index contributed by atoms with van der Waals surface area (Å²) >= 11 is 0. The molecule has 0 atom stereocenters. The van der Waals surface area contributed by atoms with Crippen LogP contribution in [0.15, 0.2) is 12.1 Å². The van der Waals surface area contributed by atoms with Gasteiger partial charge in [0.1, 0.15) is 0 Å². The zero-order valence-electron chi connectivity index (χ0n) is 11.3. The van der Waals surface area contributed by atoms with Crippen LogP contribution in [0, 0.1) is 0 Å². The fourth-order valence-corrected chi connectivity index (χ4v) is 7.63. The van der Waals surface area contributed by atoms with Crippen molar-refractivity contribution >= 4 is 37.9 Å². The van der Waals surface area contributed by atoms with Crippen molar-refractivity contribution in [1.29, 1.82) is 0 Å². The first-order chi connectivity index (χ1) is 7.05. The molecular formula is C12H24N2Si2. The average Bonchev–Trinajstić information content (AvgIpc) is 2.05. The second kappa shape index (κ2) is 3.93. The zero-order valence-corrected chi connectivity index (χ0v) is 13.3. The van der Waals surface area contributed by atoms with Crippen LogP contribution >= 0.6 is 0 Å². The monoisotopic (exact) mass is 252 g/mol. The molecule has 1 aromatic rings. The summed E-state index contributed by atoms with van der Waals surface area (Å²) in [6.07, 6.45) is 0. The molecule has 90 valence electrons. The number of benzene rings is 1. The molecule has 0 aliphatic rings. The Bertz CT molecular complexity index is 401. The lowest BCUT2D eigenvalue weighted by molar-refractivity contribution is 1.64. The Labute approximate surface area is 101 Å². The Morgan fingerprint density at radius 2 is 1.31 bits per heavy atom. The largest absolute Gasteiger partial charge is 0.397 e. The Balaban J connectivity index is 3.59. The van der Waals surface area contributed by atoms with Crippen molar-refractivity contribution in [3.05, 3.63) is 12.1 Å². The van der Waals surface area contributed by atoms with Crippen molar-refractivity contribution in [3.8, 4) is 0 Å². The van der Waals surface area contributed by atoms with Crippen molar-refractivity contribution in [2.45, 2.75) is 39.3 Å². The van der Waals surface area contributed by atoms with Gasteiger partial charge in [0.05, 0.1) is 27.5 Å². The van der Waals surface area contributed by atoms with E-state index < -0.39 is 16.1 Å². The van der Waals surface area contributed by atoms with E-state index in [2.05, 4.69) is 45.3 Å². The number of hydrogen-bond donors (Lipinski definition) is 2. The average molecular weight is 253 g/mol. The van der Waals surface area contributed by atoms with Crippen LogP contribution in [0.25, 0.3) is 0 Å². The highest BCUT2D eigenvalue weighted by Crippen LogP contribution is 2.17. The molecule has 0 aliphatic heterocycles. The van der Waals surface area contributed by atoms with Crippen LogP contribution in [0.2, 0.25) is 39.3 Å². The smallest absolute Gasteiger partial charge is 0.0802 e. The normalized spacial score (nSPS) is 12.9. The standard InChI is InChI=1S/C12H24N2Si2/c1-15(2,3)10-8-7-9(13)11(14)12(10)16(4,5)6/h7-8H,13-14H2,1-6H3. The molecule has 0 radical (unpaired) electrons. The van der Waals surface area contributed by atoms with Gasteiger partial charge in [-0.2, -0.15) is 0 Å². The van der Waals surface area contributed by atoms with Gasteiger partial charge in [0.2, 0.25) is 0 Å². The molecule has 0 fully saturated rings. The number of nitrogen functional groups attached to an aromatic ring is 2. The van der Waals surface area contributed by atoms with Gasteiger partial charge >= 0.3 is 0 Å². The molecule has 0 aliphatic carbocycles. The summed E-state index contributed by atoms with van der Waals surface area (Å²) in [5.41, 5.74) is 13.7.